The van der Waals surface area contributed by atoms with Gasteiger partial charge in [0.15, 0.2) is 0 Å². The van der Waals surface area contributed by atoms with Gasteiger partial charge in [-0.25, -0.2) is 21.6 Å². The van der Waals surface area contributed by atoms with Crippen LogP contribution in [0.15, 0.2) is 51.6 Å². The molecule has 184 valence electrons. The maximum absolute atomic E-state index is 12.9. The summed E-state index contributed by atoms with van der Waals surface area (Å²) in [4.78, 5) is 13.7. The second-order valence-corrected chi connectivity index (χ2v) is 11.8. The van der Waals surface area contributed by atoms with Crippen LogP contribution in [0.25, 0.3) is 10.6 Å². The number of halogens is 4. The first-order valence-corrected chi connectivity index (χ1v) is 13.1. The van der Waals surface area contributed by atoms with Crippen molar-refractivity contribution < 1.29 is 34.8 Å². The summed E-state index contributed by atoms with van der Waals surface area (Å²) in [5, 5.41) is 4.05. The molecule has 0 atom stereocenters. The predicted octanol–water partition coefficient (Wildman–Crippen LogP) is 2.11. The van der Waals surface area contributed by atoms with Crippen molar-refractivity contribution in [3.05, 3.63) is 53.2 Å². The fourth-order valence-corrected chi connectivity index (χ4v) is 5.80. The molecule has 1 amide bonds. The number of hydrazine groups is 1. The monoisotopic (exact) mass is 557 g/mol. The third-order valence-corrected chi connectivity index (χ3v) is 8.66. The molecule has 0 aliphatic carbocycles. The number of benzene rings is 1. The van der Waals surface area contributed by atoms with Crippen LogP contribution in [0, 0.1) is 0 Å². The average molecular weight is 558 g/mol. The molecule has 0 fully saturated rings. The highest BCUT2D eigenvalue weighted by molar-refractivity contribution is 7.91. The minimum Gasteiger partial charge on any atom is -0.276 e. The Morgan fingerprint density at radius 1 is 1.09 bits per heavy atom. The van der Waals surface area contributed by atoms with Gasteiger partial charge in [0, 0.05) is 12.1 Å². The van der Waals surface area contributed by atoms with Crippen LogP contribution in [0.3, 0.4) is 0 Å². The Hall–Kier alpha value is -2.50. The molecule has 3 rings (SSSR count). The molecule has 2 aromatic heterocycles. The number of hydrogen-bond donors (Lipinski definition) is 3. The molecule has 0 radical (unpaired) electrons. The Bertz CT molecular complexity index is 1420. The van der Waals surface area contributed by atoms with Crippen molar-refractivity contribution in [2.45, 2.75) is 15.3 Å². The van der Waals surface area contributed by atoms with Crippen molar-refractivity contribution in [3.8, 4) is 10.6 Å². The number of rotatable bonds is 8. The molecular formula is C17H15ClF3N5O5S3. The SMILES string of the molecule is Cn1nc(-c2ccc(S(=O)(=O)NCC(=O)NNS(=O)(=O)c3ccc(Cl)cc3)s2)cc1C(F)(F)F. The lowest BCUT2D eigenvalue weighted by atomic mass is 10.3. The van der Waals surface area contributed by atoms with Crippen LogP contribution in [-0.2, 0) is 38.1 Å². The molecule has 17 heteroatoms. The van der Waals surface area contributed by atoms with Crippen LogP contribution >= 0.6 is 22.9 Å². The Morgan fingerprint density at radius 3 is 2.32 bits per heavy atom. The fraction of sp³-hybridized carbons (Fsp3) is 0.176. The predicted molar refractivity (Wildman–Crippen MR) is 117 cm³/mol. The van der Waals surface area contributed by atoms with Gasteiger partial charge in [0.25, 0.3) is 20.0 Å². The Labute approximate surface area is 200 Å². The first-order chi connectivity index (χ1) is 15.7. The lowest BCUT2D eigenvalue weighted by molar-refractivity contribution is -0.143. The van der Waals surface area contributed by atoms with Crippen molar-refractivity contribution in [1.29, 1.82) is 0 Å². The van der Waals surface area contributed by atoms with Crippen LogP contribution in [0.5, 0.6) is 0 Å². The van der Waals surface area contributed by atoms with E-state index < -0.39 is 44.4 Å². The molecule has 1 aromatic carbocycles. The van der Waals surface area contributed by atoms with E-state index in [0.29, 0.717) is 21.0 Å². The quantitative estimate of drug-likeness (QED) is 0.363. The highest BCUT2D eigenvalue weighted by Crippen LogP contribution is 2.35. The Balaban J connectivity index is 1.62. The van der Waals surface area contributed by atoms with Crippen LogP contribution in [0.1, 0.15) is 5.69 Å². The molecule has 0 spiro atoms. The van der Waals surface area contributed by atoms with Gasteiger partial charge in [0.05, 0.1) is 16.3 Å². The molecule has 3 aromatic rings. The van der Waals surface area contributed by atoms with Crippen LogP contribution in [0.4, 0.5) is 13.2 Å². The molecule has 34 heavy (non-hydrogen) atoms. The third kappa shape index (κ3) is 6.13. The molecule has 0 saturated carbocycles. The molecular weight excluding hydrogens is 543 g/mol. The summed E-state index contributed by atoms with van der Waals surface area (Å²) in [6, 6.07) is 8.27. The third-order valence-electron chi connectivity index (χ3n) is 4.14. The van der Waals surface area contributed by atoms with Gasteiger partial charge in [-0.1, -0.05) is 11.6 Å². The minimum absolute atomic E-state index is 0.0735. The van der Waals surface area contributed by atoms with Gasteiger partial charge in [-0.05, 0) is 42.5 Å². The fourth-order valence-electron chi connectivity index (χ4n) is 2.53. The van der Waals surface area contributed by atoms with E-state index in [1.807, 2.05) is 15.0 Å². The van der Waals surface area contributed by atoms with E-state index >= 15 is 0 Å². The number of aromatic nitrogens is 2. The van der Waals surface area contributed by atoms with E-state index in [9.17, 15) is 34.8 Å². The van der Waals surface area contributed by atoms with Crippen LogP contribution in [0.2, 0.25) is 5.02 Å². The lowest BCUT2D eigenvalue weighted by Gasteiger charge is -2.09. The summed E-state index contributed by atoms with van der Waals surface area (Å²) in [7, 11) is -7.24. The molecule has 0 aliphatic rings. The van der Waals surface area contributed by atoms with E-state index in [0.717, 1.165) is 19.2 Å². The number of nitrogens with zero attached hydrogens (tertiary/aromatic N) is 2. The van der Waals surface area contributed by atoms with Gasteiger partial charge in [-0.3, -0.25) is 14.9 Å². The zero-order chi connectivity index (χ0) is 25.3. The van der Waals surface area contributed by atoms with Crippen molar-refractivity contribution in [2.24, 2.45) is 7.05 Å². The summed E-state index contributed by atoms with van der Waals surface area (Å²) >= 11 is 6.33. The van der Waals surface area contributed by atoms with E-state index in [2.05, 4.69) is 5.10 Å². The molecule has 0 bridgehead atoms. The van der Waals surface area contributed by atoms with Gasteiger partial charge in [0.2, 0.25) is 5.91 Å². The van der Waals surface area contributed by atoms with E-state index in [-0.39, 0.29) is 19.7 Å². The van der Waals surface area contributed by atoms with Crippen LogP contribution < -0.4 is 15.0 Å². The van der Waals surface area contributed by atoms with Crippen molar-refractivity contribution in [1.82, 2.24) is 24.8 Å². The number of hydrogen-bond acceptors (Lipinski definition) is 7. The smallest absolute Gasteiger partial charge is 0.276 e. The van der Waals surface area contributed by atoms with Gasteiger partial charge in [-0.2, -0.15) is 18.3 Å². The summed E-state index contributed by atoms with van der Waals surface area (Å²) in [5.74, 6) is -1.02. The number of aryl methyl sites for hydroxylation is 1. The topological polar surface area (TPSA) is 139 Å². The van der Waals surface area contributed by atoms with Crippen LogP contribution in [-0.4, -0.2) is 39.1 Å². The van der Waals surface area contributed by atoms with Gasteiger partial charge < -0.3 is 0 Å². The van der Waals surface area contributed by atoms with Crippen molar-refractivity contribution in [3.63, 3.8) is 0 Å². The minimum atomic E-state index is -4.63. The standard InChI is InChI=1S/C17H15ClF3N5O5S3/c1-26-14(17(19,20)21)8-12(24-26)13-6-7-16(32-13)34(30,31)22-9-15(27)23-25-33(28,29)11-4-2-10(18)3-5-11/h2-8,22,25H,9H2,1H3,(H,23,27). The summed E-state index contributed by atoms with van der Waals surface area (Å²) in [6.07, 6.45) is -4.63. The highest BCUT2D eigenvalue weighted by Gasteiger charge is 2.35. The van der Waals surface area contributed by atoms with Crippen molar-refractivity contribution in [2.75, 3.05) is 6.54 Å². The highest BCUT2D eigenvalue weighted by atomic mass is 35.5. The number of alkyl halides is 3. The molecule has 10 nitrogen and oxygen atoms in total. The Morgan fingerprint density at radius 2 is 1.74 bits per heavy atom. The first-order valence-electron chi connectivity index (χ1n) is 8.96. The molecule has 2 heterocycles. The zero-order valence-corrected chi connectivity index (χ0v) is 20.1. The number of carbonyl (C=O) groups is 1. The number of thiophene rings is 1. The maximum Gasteiger partial charge on any atom is 0.433 e. The summed E-state index contributed by atoms with van der Waals surface area (Å²) in [6.45, 7) is -0.819. The number of carbonyl (C=O) groups excluding carboxylic acids is 1. The van der Waals surface area contributed by atoms with Gasteiger partial charge in [0.1, 0.15) is 15.6 Å². The first kappa shape index (κ1) is 26.1. The van der Waals surface area contributed by atoms with Crippen molar-refractivity contribution >= 4 is 48.9 Å². The summed E-state index contributed by atoms with van der Waals surface area (Å²) < 4.78 is 90.3. The second kappa shape index (κ2) is 9.63. The number of amides is 1. The van der Waals surface area contributed by atoms with E-state index in [1.54, 1.807) is 0 Å². The molecule has 0 unspecified atom stereocenters. The number of nitrogens with one attached hydrogen (secondary N) is 3. The molecule has 0 saturated heterocycles. The van der Waals surface area contributed by atoms with E-state index in [4.69, 9.17) is 11.6 Å². The van der Waals surface area contributed by atoms with E-state index in [1.165, 1.54) is 30.3 Å². The zero-order valence-electron chi connectivity index (χ0n) is 16.9. The summed E-state index contributed by atoms with van der Waals surface area (Å²) in [5.41, 5.74) is 0.784. The Kier molecular flexibility index (Phi) is 7.40. The normalized spacial score (nSPS) is 12.6. The molecule has 0 aliphatic heterocycles. The average Bonchev–Trinajstić information content (AvgIpc) is 3.38. The molecule has 3 N–H and O–H groups in total. The maximum atomic E-state index is 12.9. The second-order valence-electron chi connectivity index (χ2n) is 6.59. The van der Waals surface area contributed by atoms with Gasteiger partial charge >= 0.3 is 6.18 Å². The van der Waals surface area contributed by atoms with Gasteiger partial charge in [-0.15, -0.1) is 16.2 Å². The number of sulfonamides is 2. The largest absolute Gasteiger partial charge is 0.433 e. The lowest BCUT2D eigenvalue weighted by Crippen LogP contribution is -2.46.